The van der Waals surface area contributed by atoms with Gasteiger partial charge in [-0.3, -0.25) is 9.36 Å². The largest absolute Gasteiger partial charge is 0.358 e. The van der Waals surface area contributed by atoms with Gasteiger partial charge in [0.15, 0.2) is 17.3 Å². The fourth-order valence-electron chi connectivity index (χ4n) is 4.64. The number of nitrogens with one attached hydrogen (secondary N) is 1. The van der Waals surface area contributed by atoms with E-state index in [9.17, 15) is 4.79 Å². The molecule has 2 saturated carbocycles. The smallest absolute Gasteiger partial charge is 0.295 e. The van der Waals surface area contributed by atoms with Crippen molar-refractivity contribution in [2.24, 2.45) is 0 Å². The predicted molar refractivity (Wildman–Crippen MR) is 147 cm³/mol. The van der Waals surface area contributed by atoms with Crippen molar-refractivity contribution < 1.29 is 0 Å². The molecule has 0 aromatic carbocycles. The number of anilines is 1. The van der Waals surface area contributed by atoms with E-state index in [4.69, 9.17) is 9.97 Å². The number of aromatic nitrogens is 8. The fourth-order valence-corrected chi connectivity index (χ4v) is 5.23. The zero-order chi connectivity index (χ0) is 26.2. The van der Waals surface area contributed by atoms with Crippen LogP contribution in [0.3, 0.4) is 0 Å². The molecule has 0 spiro atoms. The fraction of sp³-hybridized carbons (Fsp3) is 0.481. The Morgan fingerprint density at radius 2 is 1.66 bits per heavy atom. The van der Waals surface area contributed by atoms with Crippen LogP contribution >= 0.6 is 11.8 Å². The van der Waals surface area contributed by atoms with Gasteiger partial charge in [-0.2, -0.15) is 0 Å². The van der Waals surface area contributed by atoms with E-state index in [1.54, 1.807) is 41.2 Å². The second-order valence-electron chi connectivity index (χ2n) is 9.98. The summed E-state index contributed by atoms with van der Waals surface area (Å²) in [6.45, 7) is 6.47. The van der Waals surface area contributed by atoms with Crippen molar-refractivity contribution in [3.8, 4) is 11.4 Å². The first-order chi connectivity index (χ1) is 18.6. The molecule has 4 heterocycles. The minimum Gasteiger partial charge on any atom is -0.358 e. The van der Waals surface area contributed by atoms with Crippen molar-refractivity contribution in [2.75, 3.05) is 11.1 Å². The Bertz CT molecular complexity index is 1500. The van der Waals surface area contributed by atoms with E-state index < -0.39 is 0 Å². The Labute approximate surface area is 225 Å². The Hall–Kier alpha value is -3.47. The van der Waals surface area contributed by atoms with Gasteiger partial charge in [0.05, 0.1) is 29.7 Å². The molecule has 38 heavy (non-hydrogen) atoms. The van der Waals surface area contributed by atoms with Crippen LogP contribution in [0.25, 0.3) is 22.6 Å². The molecule has 2 aliphatic rings. The normalized spacial score (nSPS) is 16.1. The maximum absolute atomic E-state index is 13.7. The highest BCUT2D eigenvalue weighted by atomic mass is 32.2. The third-order valence-electron chi connectivity index (χ3n) is 7.13. The van der Waals surface area contributed by atoms with E-state index in [0.717, 1.165) is 59.7 Å². The van der Waals surface area contributed by atoms with E-state index in [1.807, 2.05) is 6.92 Å². The number of hydrogen-bond donors (Lipinski definition) is 1. The molecule has 6 rings (SSSR count). The molecular weight excluding hydrogens is 498 g/mol. The summed E-state index contributed by atoms with van der Waals surface area (Å²) in [6, 6.07) is -0.0734. The van der Waals surface area contributed by atoms with Crippen LogP contribution in [-0.4, -0.2) is 45.2 Å². The van der Waals surface area contributed by atoms with Crippen molar-refractivity contribution in [2.45, 2.75) is 82.2 Å². The van der Waals surface area contributed by atoms with Crippen molar-refractivity contribution in [1.82, 2.24) is 39.5 Å². The molecule has 4 aromatic heterocycles. The Balaban J connectivity index is 1.40. The maximum atomic E-state index is 13.7. The Kier molecular flexibility index (Phi) is 6.77. The molecule has 0 amide bonds. The van der Waals surface area contributed by atoms with Crippen molar-refractivity contribution in [3.05, 3.63) is 52.5 Å². The number of nitrogens with zero attached hydrogens (tertiary/aromatic N) is 8. The molecule has 196 valence electrons. The molecule has 1 atom stereocenters. The van der Waals surface area contributed by atoms with Crippen LogP contribution in [-0.2, 0) is 6.54 Å². The van der Waals surface area contributed by atoms with Gasteiger partial charge in [-0.25, -0.2) is 34.9 Å². The molecule has 1 N–H and O–H groups in total. The molecule has 2 fully saturated rings. The maximum Gasteiger partial charge on any atom is 0.295 e. The molecule has 0 saturated heterocycles. The topological polar surface area (TPSA) is 124 Å². The molecular formula is C27H31N9OS. The summed E-state index contributed by atoms with van der Waals surface area (Å²) in [7, 11) is 0. The SMILES string of the molecule is CCSc1cnc(CNc2nc3cnc(-c4c(C5CC5)ncnc4C4CC4)nc3n([C@H](C)CC)c2=O)nc1. The highest BCUT2D eigenvalue weighted by molar-refractivity contribution is 7.99. The number of rotatable bonds is 10. The van der Waals surface area contributed by atoms with E-state index >= 15 is 0 Å². The van der Waals surface area contributed by atoms with Crippen LogP contribution in [0.5, 0.6) is 0 Å². The average Bonchev–Trinajstić information content (AvgIpc) is 3.86. The van der Waals surface area contributed by atoms with Gasteiger partial charge in [0, 0.05) is 35.2 Å². The molecule has 0 bridgehead atoms. The summed E-state index contributed by atoms with van der Waals surface area (Å²) in [5, 5.41) is 3.15. The van der Waals surface area contributed by atoms with Crippen LogP contribution in [0.15, 0.2) is 34.6 Å². The molecule has 11 heteroatoms. The number of fused-ring (bicyclic) bond motifs is 1. The number of hydrogen-bond acceptors (Lipinski definition) is 10. The Morgan fingerprint density at radius 1 is 0.974 bits per heavy atom. The monoisotopic (exact) mass is 529 g/mol. The van der Waals surface area contributed by atoms with Crippen LogP contribution in [0.1, 0.15) is 88.0 Å². The number of thioether (sulfide) groups is 1. The minimum atomic E-state index is -0.219. The van der Waals surface area contributed by atoms with Gasteiger partial charge in [-0.1, -0.05) is 13.8 Å². The van der Waals surface area contributed by atoms with E-state index in [2.05, 4.69) is 44.1 Å². The van der Waals surface area contributed by atoms with Crippen LogP contribution in [0, 0.1) is 0 Å². The highest BCUT2D eigenvalue weighted by Crippen LogP contribution is 2.48. The van der Waals surface area contributed by atoms with Crippen molar-refractivity contribution >= 4 is 28.7 Å². The summed E-state index contributed by atoms with van der Waals surface area (Å²) in [5.74, 6) is 3.25. The average molecular weight is 530 g/mol. The summed E-state index contributed by atoms with van der Waals surface area (Å²) >= 11 is 1.69. The predicted octanol–water partition coefficient (Wildman–Crippen LogP) is 4.88. The van der Waals surface area contributed by atoms with Gasteiger partial charge < -0.3 is 5.32 Å². The first-order valence-electron chi connectivity index (χ1n) is 13.4. The third kappa shape index (κ3) is 4.87. The lowest BCUT2D eigenvalue weighted by Gasteiger charge is -2.18. The lowest BCUT2D eigenvalue weighted by Crippen LogP contribution is -2.28. The van der Waals surface area contributed by atoms with Crippen LogP contribution < -0.4 is 10.9 Å². The molecule has 2 aliphatic carbocycles. The van der Waals surface area contributed by atoms with E-state index in [-0.39, 0.29) is 17.4 Å². The van der Waals surface area contributed by atoms with Gasteiger partial charge in [-0.15, -0.1) is 11.8 Å². The van der Waals surface area contributed by atoms with E-state index in [1.165, 1.54) is 0 Å². The van der Waals surface area contributed by atoms with Crippen molar-refractivity contribution in [3.63, 3.8) is 0 Å². The van der Waals surface area contributed by atoms with E-state index in [0.29, 0.717) is 41.2 Å². The zero-order valence-electron chi connectivity index (χ0n) is 21.9. The third-order valence-corrected chi connectivity index (χ3v) is 7.96. The summed E-state index contributed by atoms with van der Waals surface area (Å²) in [6.07, 6.45) is 12.3. The Morgan fingerprint density at radius 3 is 2.26 bits per heavy atom. The quantitative estimate of drug-likeness (QED) is 0.284. The molecule has 0 aliphatic heterocycles. The minimum absolute atomic E-state index is 0.0734. The molecule has 0 radical (unpaired) electrons. The first kappa shape index (κ1) is 24.8. The first-order valence-corrected chi connectivity index (χ1v) is 14.4. The van der Waals surface area contributed by atoms with Crippen LogP contribution in [0.2, 0.25) is 0 Å². The lowest BCUT2D eigenvalue weighted by molar-refractivity contribution is 0.526. The molecule has 0 unspecified atom stereocenters. The van der Waals surface area contributed by atoms with Crippen LogP contribution in [0.4, 0.5) is 5.82 Å². The van der Waals surface area contributed by atoms with Gasteiger partial charge in [0.2, 0.25) is 0 Å². The van der Waals surface area contributed by atoms with Gasteiger partial charge in [-0.05, 0) is 44.8 Å². The van der Waals surface area contributed by atoms with Gasteiger partial charge >= 0.3 is 0 Å². The molecule has 10 nitrogen and oxygen atoms in total. The second kappa shape index (κ2) is 10.4. The second-order valence-corrected chi connectivity index (χ2v) is 11.3. The molecule has 4 aromatic rings. The lowest BCUT2D eigenvalue weighted by atomic mass is 10.0. The standard InChI is InChI=1S/C27H31N9OS/c1-4-15(3)36-26-19(34-25(27(36)37)31-13-20-28-10-18(11-29-20)38-5-2)12-30-24(35-26)21-22(16-6-7-16)32-14-33-23(21)17-8-9-17/h10-12,14-17H,4-9,13H2,1-3H3,(H,31,34)/t15-/m1/s1. The van der Waals surface area contributed by atoms with Gasteiger partial charge in [0.1, 0.15) is 17.7 Å². The summed E-state index contributed by atoms with van der Waals surface area (Å²) in [4.78, 5) is 47.1. The van der Waals surface area contributed by atoms with Crippen molar-refractivity contribution in [1.29, 1.82) is 0 Å². The summed E-state index contributed by atoms with van der Waals surface area (Å²) in [5.41, 5.74) is 3.89. The summed E-state index contributed by atoms with van der Waals surface area (Å²) < 4.78 is 1.73. The zero-order valence-corrected chi connectivity index (χ0v) is 22.7. The van der Waals surface area contributed by atoms with Gasteiger partial charge in [0.25, 0.3) is 5.56 Å². The highest BCUT2D eigenvalue weighted by Gasteiger charge is 2.35.